The van der Waals surface area contributed by atoms with Crippen LogP contribution in [-0.2, 0) is 19.2 Å². The minimum absolute atomic E-state index is 0.257. The third-order valence-corrected chi connectivity index (χ3v) is 2.91. The van der Waals surface area contributed by atoms with Crippen LogP contribution in [0.1, 0.15) is 19.3 Å². The number of alkyl halides is 1. The Morgan fingerprint density at radius 1 is 1.06 bits per heavy atom. The van der Waals surface area contributed by atoms with Crippen LogP contribution in [0.2, 0.25) is 0 Å². The van der Waals surface area contributed by atoms with Gasteiger partial charge in [0, 0.05) is 6.42 Å². The Bertz CT molecular complexity index is 357. The zero-order chi connectivity index (χ0) is 14.3. The van der Waals surface area contributed by atoms with Crippen molar-refractivity contribution in [3.8, 4) is 0 Å². The molecule has 8 nitrogen and oxygen atoms in total. The van der Waals surface area contributed by atoms with Crippen LogP contribution in [0.4, 0.5) is 0 Å². The summed E-state index contributed by atoms with van der Waals surface area (Å²) >= 11 is 1.58. The van der Waals surface area contributed by atoms with Crippen molar-refractivity contribution in [3.05, 3.63) is 0 Å². The van der Waals surface area contributed by atoms with E-state index in [1.54, 1.807) is 22.6 Å². The van der Waals surface area contributed by atoms with Crippen LogP contribution in [0.25, 0.3) is 0 Å². The molecule has 0 bridgehead atoms. The van der Waals surface area contributed by atoms with Crippen LogP contribution >= 0.6 is 22.6 Å². The van der Waals surface area contributed by atoms with E-state index in [1.807, 2.05) is 0 Å². The molecule has 0 saturated heterocycles. The van der Waals surface area contributed by atoms with Gasteiger partial charge in [0.05, 0.1) is 6.42 Å². The number of carbonyl (C=O) groups excluding carboxylic acids is 1. The van der Waals surface area contributed by atoms with Gasteiger partial charge in [-0.05, 0) is 6.42 Å². The van der Waals surface area contributed by atoms with Gasteiger partial charge < -0.3 is 20.6 Å². The van der Waals surface area contributed by atoms with Gasteiger partial charge in [-0.25, -0.2) is 4.79 Å². The number of carbonyl (C=O) groups is 4. The van der Waals surface area contributed by atoms with Gasteiger partial charge in [-0.15, -0.1) is 0 Å². The molecular weight excluding hydrogens is 361 g/mol. The number of hydrogen-bond donors (Lipinski definition) is 4. The zero-order valence-electron chi connectivity index (χ0n) is 9.13. The van der Waals surface area contributed by atoms with Crippen LogP contribution in [0.5, 0.6) is 0 Å². The summed E-state index contributed by atoms with van der Waals surface area (Å²) in [5.74, 6) is -4.45. The smallest absolute Gasteiger partial charge is 0.326 e. The van der Waals surface area contributed by atoms with Gasteiger partial charge in [0.1, 0.15) is 9.97 Å². The Morgan fingerprint density at radius 2 is 1.61 bits per heavy atom. The predicted molar refractivity (Wildman–Crippen MR) is 66.5 cm³/mol. The van der Waals surface area contributed by atoms with Crippen molar-refractivity contribution < 1.29 is 34.5 Å². The maximum Gasteiger partial charge on any atom is 0.326 e. The van der Waals surface area contributed by atoms with Crippen LogP contribution in [0.3, 0.4) is 0 Å². The molecule has 0 heterocycles. The summed E-state index contributed by atoms with van der Waals surface area (Å²) in [6.45, 7) is 0. The van der Waals surface area contributed by atoms with E-state index in [0.29, 0.717) is 0 Å². The molecule has 0 aliphatic carbocycles. The summed E-state index contributed by atoms with van der Waals surface area (Å²) in [7, 11) is 0. The number of amides is 1. The molecule has 102 valence electrons. The van der Waals surface area contributed by atoms with Crippen LogP contribution in [-0.4, -0.2) is 49.1 Å². The van der Waals surface area contributed by atoms with Crippen molar-refractivity contribution in [3.63, 3.8) is 0 Å². The molecule has 0 aliphatic heterocycles. The topological polar surface area (TPSA) is 141 Å². The number of aliphatic carboxylic acids is 3. The second-order valence-electron chi connectivity index (χ2n) is 3.40. The predicted octanol–water partition coefficient (Wildman–Crippen LogP) is -0.301. The first-order chi connectivity index (χ1) is 8.23. The Morgan fingerprint density at radius 3 is 2.00 bits per heavy atom. The summed E-state index contributed by atoms with van der Waals surface area (Å²) in [4.78, 5) is 42.9. The fourth-order valence-electron chi connectivity index (χ4n) is 1.03. The van der Waals surface area contributed by atoms with Gasteiger partial charge in [0.15, 0.2) is 0 Å². The molecule has 0 aromatic heterocycles. The molecule has 9 heteroatoms. The minimum atomic E-state index is -1.36. The summed E-state index contributed by atoms with van der Waals surface area (Å²) in [6, 6.07) is -1.33. The van der Waals surface area contributed by atoms with Crippen molar-refractivity contribution in [1.82, 2.24) is 5.32 Å². The first kappa shape index (κ1) is 16.6. The molecule has 0 spiro atoms. The molecule has 0 rings (SSSR count). The standard InChI is InChI=1S/C9H12INO7/c10-4(3-7(14)15)8(16)11-5(9(17)18)1-2-6(12)13/h4-5H,1-3H2,(H,11,16)(H,12,13)(H,14,15)(H,17,18)/t4-,5-/m0/s1. The van der Waals surface area contributed by atoms with Gasteiger partial charge in [-0.2, -0.15) is 0 Å². The highest BCUT2D eigenvalue weighted by molar-refractivity contribution is 14.1. The number of halogens is 1. The van der Waals surface area contributed by atoms with Crippen molar-refractivity contribution in [1.29, 1.82) is 0 Å². The Balaban J connectivity index is 4.40. The van der Waals surface area contributed by atoms with Crippen LogP contribution in [0.15, 0.2) is 0 Å². The van der Waals surface area contributed by atoms with E-state index in [2.05, 4.69) is 5.32 Å². The highest BCUT2D eigenvalue weighted by atomic mass is 127. The highest BCUT2D eigenvalue weighted by Gasteiger charge is 2.25. The lowest BCUT2D eigenvalue weighted by Gasteiger charge is -2.15. The molecular formula is C9H12INO7. The number of carboxylic acid groups (broad SMARTS) is 3. The molecule has 0 radical (unpaired) electrons. The van der Waals surface area contributed by atoms with Gasteiger partial charge >= 0.3 is 17.9 Å². The largest absolute Gasteiger partial charge is 0.481 e. The monoisotopic (exact) mass is 373 g/mol. The van der Waals surface area contributed by atoms with Gasteiger partial charge in [-0.1, -0.05) is 22.6 Å². The fraction of sp³-hybridized carbons (Fsp3) is 0.556. The first-order valence-electron chi connectivity index (χ1n) is 4.85. The van der Waals surface area contributed by atoms with E-state index < -0.39 is 46.6 Å². The lowest BCUT2D eigenvalue weighted by atomic mass is 10.1. The molecule has 1 amide bonds. The number of nitrogens with one attached hydrogen (secondary N) is 1. The average Bonchev–Trinajstić information content (AvgIpc) is 2.21. The zero-order valence-corrected chi connectivity index (χ0v) is 11.3. The van der Waals surface area contributed by atoms with Crippen LogP contribution in [0, 0.1) is 0 Å². The van der Waals surface area contributed by atoms with E-state index in [4.69, 9.17) is 15.3 Å². The lowest BCUT2D eigenvalue weighted by molar-refractivity contribution is -0.143. The van der Waals surface area contributed by atoms with E-state index in [1.165, 1.54) is 0 Å². The van der Waals surface area contributed by atoms with Gasteiger partial charge in [0.25, 0.3) is 0 Å². The molecule has 0 aromatic carbocycles. The van der Waals surface area contributed by atoms with E-state index in [9.17, 15) is 19.2 Å². The Hall–Kier alpha value is -1.39. The highest BCUT2D eigenvalue weighted by Crippen LogP contribution is 2.08. The van der Waals surface area contributed by atoms with Crippen molar-refractivity contribution >= 4 is 46.4 Å². The van der Waals surface area contributed by atoms with Crippen LogP contribution < -0.4 is 5.32 Å². The summed E-state index contributed by atoms with van der Waals surface area (Å²) in [6.07, 6.45) is -1.09. The quantitative estimate of drug-likeness (QED) is 0.338. The average molecular weight is 373 g/mol. The van der Waals surface area contributed by atoms with Crippen molar-refractivity contribution in [2.24, 2.45) is 0 Å². The molecule has 0 aromatic rings. The van der Waals surface area contributed by atoms with E-state index in [0.717, 1.165) is 0 Å². The number of carboxylic acids is 3. The molecule has 0 aliphatic rings. The van der Waals surface area contributed by atoms with Gasteiger partial charge in [0.2, 0.25) is 5.91 Å². The SMILES string of the molecule is O=C(O)CC[C@H](NC(=O)[C@@H](I)CC(=O)O)C(=O)O. The lowest BCUT2D eigenvalue weighted by Crippen LogP contribution is -2.44. The maximum absolute atomic E-state index is 11.4. The molecule has 18 heavy (non-hydrogen) atoms. The Labute approximate surface area is 115 Å². The second kappa shape index (κ2) is 7.84. The summed E-state index contributed by atoms with van der Waals surface area (Å²) in [5, 5.41) is 27.8. The van der Waals surface area contributed by atoms with Crippen molar-refractivity contribution in [2.75, 3.05) is 0 Å². The normalized spacial score (nSPS) is 13.4. The Kier molecular flexibility index (Phi) is 7.24. The molecule has 0 saturated carbocycles. The van der Waals surface area contributed by atoms with E-state index in [-0.39, 0.29) is 6.42 Å². The summed E-state index contributed by atoms with van der Waals surface area (Å²) in [5.41, 5.74) is 0. The van der Waals surface area contributed by atoms with E-state index >= 15 is 0 Å². The van der Waals surface area contributed by atoms with Crippen molar-refractivity contribution in [2.45, 2.75) is 29.2 Å². The third-order valence-electron chi connectivity index (χ3n) is 1.90. The maximum atomic E-state index is 11.4. The minimum Gasteiger partial charge on any atom is -0.481 e. The summed E-state index contributed by atoms with van der Waals surface area (Å²) < 4.78 is -0.910. The second-order valence-corrected chi connectivity index (χ2v) is 4.90. The molecule has 0 fully saturated rings. The molecule has 0 unspecified atom stereocenters. The third kappa shape index (κ3) is 7.04. The van der Waals surface area contributed by atoms with Gasteiger partial charge in [-0.3, -0.25) is 14.4 Å². The molecule has 4 N–H and O–H groups in total. The fourth-order valence-corrected chi connectivity index (χ4v) is 1.59. The first-order valence-corrected chi connectivity index (χ1v) is 6.09. The molecule has 2 atom stereocenters. The number of hydrogen-bond acceptors (Lipinski definition) is 4. The number of rotatable bonds is 8.